The number of hydrogen-bond acceptors (Lipinski definition) is 5. The lowest BCUT2D eigenvalue weighted by atomic mass is 10.0. The van der Waals surface area contributed by atoms with Gasteiger partial charge < -0.3 is 19.9 Å². The Morgan fingerprint density at radius 3 is 2.48 bits per heavy atom. The van der Waals surface area contributed by atoms with E-state index in [0.29, 0.717) is 29.4 Å². The van der Waals surface area contributed by atoms with Gasteiger partial charge in [-0.1, -0.05) is 6.58 Å². The highest BCUT2D eigenvalue weighted by Crippen LogP contribution is 2.30. The summed E-state index contributed by atoms with van der Waals surface area (Å²) in [5.41, 5.74) is 8.03. The van der Waals surface area contributed by atoms with E-state index in [2.05, 4.69) is 6.58 Å². The SMILES string of the molecule is C=C(C)CO/C(C)=C(\C(=O)OC)c1cc(OC)ccc1N. The number of nitrogens with two attached hydrogens (primary N) is 1. The number of carbonyl (C=O) groups is 1. The molecule has 0 aliphatic rings. The van der Waals surface area contributed by atoms with E-state index in [4.69, 9.17) is 19.9 Å². The summed E-state index contributed by atoms with van der Waals surface area (Å²) in [6, 6.07) is 5.07. The van der Waals surface area contributed by atoms with Crippen molar-refractivity contribution in [3.05, 3.63) is 41.7 Å². The van der Waals surface area contributed by atoms with Gasteiger partial charge in [0, 0.05) is 11.3 Å². The maximum Gasteiger partial charge on any atom is 0.341 e. The first-order chi connectivity index (χ1) is 9.90. The smallest absolute Gasteiger partial charge is 0.341 e. The van der Waals surface area contributed by atoms with Gasteiger partial charge in [0.05, 0.1) is 14.2 Å². The average molecular weight is 291 g/mol. The van der Waals surface area contributed by atoms with Gasteiger partial charge in [-0.15, -0.1) is 0 Å². The van der Waals surface area contributed by atoms with Crippen LogP contribution in [0.15, 0.2) is 36.1 Å². The Morgan fingerprint density at radius 1 is 1.29 bits per heavy atom. The van der Waals surface area contributed by atoms with Crippen molar-refractivity contribution in [2.24, 2.45) is 0 Å². The molecule has 2 N–H and O–H groups in total. The maximum absolute atomic E-state index is 12.1. The lowest BCUT2D eigenvalue weighted by Gasteiger charge is -2.15. The Morgan fingerprint density at radius 2 is 1.95 bits per heavy atom. The Balaban J connectivity index is 3.34. The number of methoxy groups -OCH3 is 2. The van der Waals surface area contributed by atoms with Crippen LogP contribution in [-0.2, 0) is 14.3 Å². The number of carbonyl (C=O) groups excluding carboxylic acids is 1. The van der Waals surface area contributed by atoms with E-state index in [0.717, 1.165) is 5.57 Å². The average Bonchev–Trinajstić information content (AvgIpc) is 2.46. The van der Waals surface area contributed by atoms with Gasteiger partial charge in [0.2, 0.25) is 0 Å². The summed E-state index contributed by atoms with van der Waals surface area (Å²) in [7, 11) is 2.85. The van der Waals surface area contributed by atoms with Crippen molar-refractivity contribution in [2.75, 3.05) is 26.6 Å². The van der Waals surface area contributed by atoms with Gasteiger partial charge in [-0.3, -0.25) is 0 Å². The van der Waals surface area contributed by atoms with Gasteiger partial charge in [0.25, 0.3) is 0 Å². The summed E-state index contributed by atoms with van der Waals surface area (Å²) in [5, 5.41) is 0. The number of esters is 1. The molecule has 21 heavy (non-hydrogen) atoms. The summed E-state index contributed by atoms with van der Waals surface area (Å²) < 4.78 is 15.5. The molecule has 1 aromatic carbocycles. The zero-order valence-electron chi connectivity index (χ0n) is 12.9. The number of allylic oxidation sites excluding steroid dienone is 1. The third-order valence-electron chi connectivity index (χ3n) is 2.81. The van der Waals surface area contributed by atoms with Crippen LogP contribution in [0.25, 0.3) is 5.57 Å². The van der Waals surface area contributed by atoms with Crippen molar-refractivity contribution in [3.8, 4) is 5.75 Å². The normalized spacial score (nSPS) is 11.4. The van der Waals surface area contributed by atoms with E-state index in [1.54, 1.807) is 32.2 Å². The van der Waals surface area contributed by atoms with Crippen LogP contribution in [0.4, 0.5) is 5.69 Å². The van der Waals surface area contributed by atoms with Gasteiger partial charge in [-0.2, -0.15) is 0 Å². The number of anilines is 1. The van der Waals surface area contributed by atoms with Crippen LogP contribution in [0.3, 0.4) is 0 Å². The molecule has 114 valence electrons. The van der Waals surface area contributed by atoms with Crippen LogP contribution in [0.2, 0.25) is 0 Å². The molecule has 0 saturated heterocycles. The zero-order valence-corrected chi connectivity index (χ0v) is 12.9. The molecule has 0 aliphatic carbocycles. The second-order valence-corrected chi connectivity index (χ2v) is 4.62. The molecule has 0 unspecified atom stereocenters. The van der Waals surface area contributed by atoms with Crippen molar-refractivity contribution >= 4 is 17.2 Å². The number of hydrogen-bond donors (Lipinski definition) is 1. The largest absolute Gasteiger partial charge is 0.497 e. The minimum atomic E-state index is -0.519. The highest BCUT2D eigenvalue weighted by molar-refractivity contribution is 6.18. The number of nitrogen functional groups attached to an aromatic ring is 1. The highest BCUT2D eigenvalue weighted by atomic mass is 16.5. The van der Waals surface area contributed by atoms with Crippen LogP contribution in [0.5, 0.6) is 5.75 Å². The molecule has 0 heterocycles. The van der Waals surface area contributed by atoms with E-state index in [1.165, 1.54) is 7.11 Å². The zero-order chi connectivity index (χ0) is 16.0. The quantitative estimate of drug-likeness (QED) is 0.287. The molecular weight excluding hydrogens is 270 g/mol. The van der Waals surface area contributed by atoms with E-state index in [9.17, 15) is 4.79 Å². The minimum Gasteiger partial charge on any atom is -0.497 e. The van der Waals surface area contributed by atoms with Gasteiger partial charge in [0.15, 0.2) is 0 Å². The fourth-order valence-corrected chi connectivity index (χ4v) is 1.73. The van der Waals surface area contributed by atoms with Crippen LogP contribution in [0, 0.1) is 0 Å². The molecule has 5 nitrogen and oxygen atoms in total. The monoisotopic (exact) mass is 291 g/mol. The van der Waals surface area contributed by atoms with Crippen molar-refractivity contribution < 1.29 is 19.0 Å². The molecule has 0 fully saturated rings. The van der Waals surface area contributed by atoms with Crippen LogP contribution < -0.4 is 10.5 Å². The van der Waals surface area contributed by atoms with Crippen molar-refractivity contribution in [1.29, 1.82) is 0 Å². The third kappa shape index (κ3) is 4.27. The first-order valence-corrected chi connectivity index (χ1v) is 6.41. The van der Waals surface area contributed by atoms with Crippen molar-refractivity contribution in [1.82, 2.24) is 0 Å². The molecule has 0 atom stereocenters. The second kappa shape index (κ2) is 7.38. The number of benzene rings is 1. The first-order valence-electron chi connectivity index (χ1n) is 6.41. The Kier molecular flexibility index (Phi) is 5.84. The molecule has 0 aliphatic heterocycles. The molecular formula is C16H21NO4. The summed E-state index contributed by atoms with van der Waals surface area (Å²) in [6.45, 7) is 7.60. The molecule has 5 heteroatoms. The molecule has 0 bridgehead atoms. The van der Waals surface area contributed by atoms with Crippen molar-refractivity contribution in [2.45, 2.75) is 13.8 Å². The fraction of sp³-hybridized carbons (Fsp3) is 0.312. The molecule has 0 spiro atoms. The predicted octanol–water partition coefficient (Wildman–Crippen LogP) is 2.77. The lowest BCUT2D eigenvalue weighted by molar-refractivity contribution is -0.133. The minimum absolute atomic E-state index is 0.273. The Labute approximate surface area is 125 Å². The van der Waals surface area contributed by atoms with Crippen LogP contribution in [-0.4, -0.2) is 26.8 Å². The molecule has 0 radical (unpaired) electrons. The second-order valence-electron chi connectivity index (χ2n) is 4.62. The molecule has 1 aromatic rings. The lowest BCUT2D eigenvalue weighted by Crippen LogP contribution is -2.10. The molecule has 0 aromatic heterocycles. The first kappa shape index (κ1) is 16.6. The topological polar surface area (TPSA) is 70.8 Å². The van der Waals surface area contributed by atoms with E-state index < -0.39 is 5.97 Å². The van der Waals surface area contributed by atoms with Crippen molar-refractivity contribution in [3.63, 3.8) is 0 Å². The van der Waals surface area contributed by atoms with E-state index in [-0.39, 0.29) is 5.57 Å². The standard InChI is InChI=1S/C16H21NO4/c1-10(2)9-21-11(3)15(16(18)20-5)13-8-12(19-4)6-7-14(13)17/h6-8H,1,9,17H2,2-5H3/b15-11-. The highest BCUT2D eigenvalue weighted by Gasteiger charge is 2.20. The Hall–Kier alpha value is -2.43. The van der Waals surface area contributed by atoms with E-state index >= 15 is 0 Å². The number of ether oxygens (including phenoxy) is 3. The van der Waals surface area contributed by atoms with Gasteiger partial charge in [0.1, 0.15) is 23.7 Å². The van der Waals surface area contributed by atoms with Crippen LogP contribution in [0.1, 0.15) is 19.4 Å². The summed E-state index contributed by atoms with van der Waals surface area (Å²) in [5.74, 6) is 0.493. The van der Waals surface area contributed by atoms with E-state index in [1.807, 2.05) is 6.92 Å². The predicted molar refractivity (Wildman–Crippen MR) is 82.8 cm³/mol. The fourth-order valence-electron chi connectivity index (χ4n) is 1.73. The summed E-state index contributed by atoms with van der Waals surface area (Å²) >= 11 is 0. The van der Waals surface area contributed by atoms with Gasteiger partial charge in [-0.05, 0) is 37.6 Å². The van der Waals surface area contributed by atoms with Crippen LogP contribution >= 0.6 is 0 Å². The third-order valence-corrected chi connectivity index (χ3v) is 2.81. The summed E-state index contributed by atoms with van der Waals surface area (Å²) in [4.78, 5) is 12.1. The van der Waals surface area contributed by atoms with Gasteiger partial charge >= 0.3 is 5.97 Å². The number of rotatable bonds is 6. The maximum atomic E-state index is 12.1. The molecule has 1 rings (SSSR count). The van der Waals surface area contributed by atoms with Gasteiger partial charge in [-0.25, -0.2) is 4.79 Å². The molecule has 0 amide bonds. The Bertz CT molecular complexity index is 576. The summed E-state index contributed by atoms with van der Waals surface area (Å²) in [6.07, 6.45) is 0. The molecule has 0 saturated carbocycles.